The van der Waals surface area contributed by atoms with Crippen LogP contribution in [0.1, 0.15) is 60.6 Å². The number of rotatable bonds is 13. The first-order valence-electron chi connectivity index (χ1n) is 15.2. The standard InChI is InChI=1S/C32H36F3N7O5/c1-4-47-29-21(32(33,34)35)13-20(16-37-29)23-14-24(42(2)17-31(18-46-3)11-5-6-12-31)26-27(38-23)40-30(39-26)41-28(45)22-9-7-19(15-36-22)8-10-25(43)44/h7,9,13-16H,4-6,8,10-12,17-18H2,1-3H3,(H,43,44)(H2,38,39,40,41,45). The average molecular weight is 656 g/mol. The van der Waals surface area contributed by atoms with Gasteiger partial charge in [-0.15, -0.1) is 0 Å². The Bertz CT molecular complexity index is 1740. The Labute approximate surface area is 268 Å². The van der Waals surface area contributed by atoms with Crippen LogP contribution in [0.2, 0.25) is 0 Å². The number of aliphatic carboxylic acids is 1. The van der Waals surface area contributed by atoms with Crippen molar-refractivity contribution in [3.8, 4) is 17.1 Å². The lowest BCUT2D eigenvalue weighted by Gasteiger charge is -2.34. The number of halogens is 3. The zero-order chi connectivity index (χ0) is 33.8. The predicted octanol–water partition coefficient (Wildman–Crippen LogP) is 5.74. The molecule has 0 atom stereocenters. The summed E-state index contributed by atoms with van der Waals surface area (Å²) in [6.45, 7) is 2.76. The summed E-state index contributed by atoms with van der Waals surface area (Å²) in [6.07, 6.45) is 2.30. The van der Waals surface area contributed by atoms with Gasteiger partial charge in [-0.3, -0.25) is 19.9 Å². The van der Waals surface area contributed by atoms with Gasteiger partial charge in [0.15, 0.2) is 5.65 Å². The molecule has 0 spiro atoms. The van der Waals surface area contributed by atoms with Crippen LogP contribution in [0, 0.1) is 5.41 Å². The molecule has 12 nitrogen and oxygen atoms in total. The first-order chi connectivity index (χ1) is 22.4. The summed E-state index contributed by atoms with van der Waals surface area (Å²) in [7, 11) is 3.56. The van der Waals surface area contributed by atoms with Gasteiger partial charge in [-0.05, 0) is 49.9 Å². The molecule has 3 N–H and O–H groups in total. The number of aromatic nitrogens is 5. The second-order valence-corrected chi connectivity index (χ2v) is 11.7. The van der Waals surface area contributed by atoms with Crippen LogP contribution in [0.25, 0.3) is 22.4 Å². The summed E-state index contributed by atoms with van der Waals surface area (Å²) < 4.78 is 52.7. The summed E-state index contributed by atoms with van der Waals surface area (Å²) in [5.74, 6) is -1.96. The largest absolute Gasteiger partial charge is 0.481 e. The van der Waals surface area contributed by atoms with Crippen molar-refractivity contribution in [3.63, 3.8) is 0 Å². The van der Waals surface area contributed by atoms with Crippen molar-refractivity contribution in [3.05, 3.63) is 53.5 Å². The van der Waals surface area contributed by atoms with Crippen LogP contribution < -0.4 is 15.0 Å². The lowest BCUT2D eigenvalue weighted by molar-refractivity contribution is -0.139. The highest BCUT2D eigenvalue weighted by molar-refractivity contribution is 6.03. The van der Waals surface area contributed by atoms with E-state index in [0.717, 1.165) is 31.7 Å². The summed E-state index contributed by atoms with van der Waals surface area (Å²) in [5.41, 5.74) is 1.21. The van der Waals surface area contributed by atoms with E-state index >= 15 is 0 Å². The molecule has 0 aliphatic heterocycles. The molecule has 4 aromatic heterocycles. The minimum atomic E-state index is -4.71. The molecule has 1 saturated carbocycles. The van der Waals surface area contributed by atoms with Crippen molar-refractivity contribution < 1.29 is 37.3 Å². The van der Waals surface area contributed by atoms with E-state index < -0.39 is 29.5 Å². The van der Waals surface area contributed by atoms with Crippen molar-refractivity contribution in [1.29, 1.82) is 0 Å². The monoisotopic (exact) mass is 655 g/mol. The van der Waals surface area contributed by atoms with Gasteiger partial charge in [0, 0.05) is 50.5 Å². The molecular weight excluding hydrogens is 619 g/mol. The number of hydrogen-bond donors (Lipinski definition) is 3. The SMILES string of the molecule is CCOc1ncc(-c2cc(N(C)CC3(COC)CCCC3)c3[nH]c(NC(=O)c4ccc(CCC(=O)O)cn4)nc3n2)cc1C(F)(F)F. The van der Waals surface area contributed by atoms with E-state index in [2.05, 4.69) is 30.2 Å². The Kier molecular flexibility index (Phi) is 9.94. The number of pyridine rings is 3. The lowest BCUT2D eigenvalue weighted by atomic mass is 9.86. The quantitative estimate of drug-likeness (QED) is 0.162. The molecule has 4 aromatic rings. The molecule has 0 saturated heterocycles. The third-order valence-corrected chi connectivity index (χ3v) is 8.19. The molecule has 1 aliphatic rings. The molecule has 1 aliphatic carbocycles. The number of amides is 1. The van der Waals surface area contributed by atoms with E-state index in [1.807, 2.05) is 11.9 Å². The van der Waals surface area contributed by atoms with E-state index in [-0.39, 0.29) is 53.4 Å². The maximum Gasteiger partial charge on any atom is 0.421 e. The number of alkyl halides is 3. The van der Waals surface area contributed by atoms with Gasteiger partial charge in [0.2, 0.25) is 11.8 Å². The highest BCUT2D eigenvalue weighted by atomic mass is 19.4. The highest BCUT2D eigenvalue weighted by Crippen LogP contribution is 2.42. The van der Waals surface area contributed by atoms with Crippen molar-refractivity contribution in [2.75, 3.05) is 44.1 Å². The molecule has 0 unspecified atom stereocenters. The average Bonchev–Trinajstić information content (AvgIpc) is 3.66. The van der Waals surface area contributed by atoms with E-state index in [4.69, 9.17) is 14.6 Å². The summed E-state index contributed by atoms with van der Waals surface area (Å²) >= 11 is 0. The molecule has 1 fully saturated rings. The number of hydrogen-bond acceptors (Lipinski definition) is 9. The maximum atomic E-state index is 14.0. The van der Waals surface area contributed by atoms with E-state index in [9.17, 15) is 22.8 Å². The number of carboxylic acid groups (broad SMARTS) is 1. The number of H-pyrrole nitrogens is 1. The predicted molar refractivity (Wildman–Crippen MR) is 167 cm³/mol. The fourth-order valence-corrected chi connectivity index (χ4v) is 6.02. The number of nitrogens with zero attached hydrogens (tertiary/aromatic N) is 5. The number of aryl methyl sites for hydroxylation is 1. The molecular formula is C32H36F3N7O5. The summed E-state index contributed by atoms with van der Waals surface area (Å²) in [5, 5.41) is 11.6. The van der Waals surface area contributed by atoms with Crippen LogP contribution in [-0.2, 0) is 22.1 Å². The summed E-state index contributed by atoms with van der Waals surface area (Å²) in [4.78, 5) is 46.1. The zero-order valence-corrected chi connectivity index (χ0v) is 26.3. The highest BCUT2D eigenvalue weighted by Gasteiger charge is 2.37. The van der Waals surface area contributed by atoms with Crippen molar-refractivity contribution in [2.24, 2.45) is 5.41 Å². The van der Waals surface area contributed by atoms with E-state index in [1.165, 1.54) is 18.5 Å². The topological polar surface area (TPSA) is 155 Å². The van der Waals surface area contributed by atoms with Crippen molar-refractivity contribution in [1.82, 2.24) is 24.9 Å². The van der Waals surface area contributed by atoms with Gasteiger partial charge in [0.1, 0.15) is 16.8 Å². The van der Waals surface area contributed by atoms with Crippen molar-refractivity contribution in [2.45, 2.75) is 51.6 Å². The minimum Gasteiger partial charge on any atom is -0.481 e. The molecule has 250 valence electrons. The van der Waals surface area contributed by atoms with E-state index in [0.29, 0.717) is 29.9 Å². The number of anilines is 2. The van der Waals surface area contributed by atoms with Gasteiger partial charge in [0.25, 0.3) is 5.91 Å². The number of nitrogens with one attached hydrogen (secondary N) is 2. The molecule has 0 radical (unpaired) electrons. The maximum absolute atomic E-state index is 14.0. The number of fused-ring (bicyclic) bond motifs is 1. The number of imidazole rings is 1. The fraction of sp³-hybridized carbons (Fsp3) is 0.438. The Morgan fingerprint density at radius 3 is 2.53 bits per heavy atom. The molecule has 4 heterocycles. The van der Waals surface area contributed by atoms with Crippen LogP contribution in [-0.4, -0.2) is 75.8 Å². The smallest absolute Gasteiger partial charge is 0.421 e. The van der Waals surface area contributed by atoms with Crippen molar-refractivity contribution >= 4 is 34.7 Å². The van der Waals surface area contributed by atoms with Gasteiger partial charge in [0.05, 0.1) is 24.6 Å². The number of carbonyl (C=O) groups excluding carboxylic acids is 1. The lowest BCUT2D eigenvalue weighted by Crippen LogP contribution is -2.37. The third-order valence-electron chi connectivity index (χ3n) is 8.19. The van der Waals surface area contributed by atoms with Gasteiger partial charge in [-0.2, -0.15) is 18.2 Å². The second-order valence-electron chi connectivity index (χ2n) is 11.7. The Balaban J connectivity index is 1.52. The van der Waals surface area contributed by atoms with Gasteiger partial charge in [-0.25, -0.2) is 9.97 Å². The molecule has 15 heteroatoms. The van der Waals surface area contributed by atoms with Crippen LogP contribution in [0.5, 0.6) is 5.88 Å². The first kappa shape index (κ1) is 33.6. The number of aromatic amines is 1. The number of carboxylic acids is 1. The number of ether oxygens (including phenoxy) is 2. The second kappa shape index (κ2) is 13.9. The Morgan fingerprint density at radius 2 is 1.89 bits per heavy atom. The Morgan fingerprint density at radius 1 is 1.13 bits per heavy atom. The normalized spacial score (nSPS) is 14.3. The van der Waals surface area contributed by atoms with E-state index in [1.54, 1.807) is 26.2 Å². The minimum absolute atomic E-state index is 0.0178. The molecule has 47 heavy (non-hydrogen) atoms. The molecule has 5 rings (SSSR count). The molecule has 1 amide bonds. The van der Waals surface area contributed by atoms with Crippen LogP contribution in [0.3, 0.4) is 0 Å². The van der Waals surface area contributed by atoms with Crippen LogP contribution in [0.4, 0.5) is 24.8 Å². The summed E-state index contributed by atoms with van der Waals surface area (Å²) in [6, 6.07) is 5.75. The van der Waals surface area contributed by atoms with Crippen LogP contribution in [0.15, 0.2) is 36.7 Å². The number of methoxy groups -OCH3 is 1. The first-order valence-corrected chi connectivity index (χ1v) is 15.2. The van der Waals surface area contributed by atoms with Gasteiger partial charge in [-0.1, -0.05) is 18.9 Å². The molecule has 0 bridgehead atoms. The third kappa shape index (κ3) is 7.79. The Hall–Kier alpha value is -4.79. The van der Waals surface area contributed by atoms with Crippen LogP contribution >= 0.6 is 0 Å². The van der Waals surface area contributed by atoms with Gasteiger partial charge < -0.3 is 24.5 Å². The fourth-order valence-electron chi connectivity index (χ4n) is 6.02. The number of carbonyl (C=O) groups is 2. The molecule has 0 aromatic carbocycles. The van der Waals surface area contributed by atoms with Gasteiger partial charge >= 0.3 is 12.1 Å². The zero-order valence-electron chi connectivity index (χ0n) is 26.3.